The van der Waals surface area contributed by atoms with Gasteiger partial charge in [0.25, 0.3) is 0 Å². The second-order valence-corrected chi connectivity index (χ2v) is 7.13. The number of aromatic nitrogens is 1. The Kier molecular flexibility index (Phi) is 5.31. The van der Waals surface area contributed by atoms with Gasteiger partial charge in [-0.2, -0.15) is 0 Å². The van der Waals surface area contributed by atoms with Gasteiger partial charge < -0.3 is 9.80 Å². The number of carbonyl (C=O) groups excluding carboxylic acids is 1. The Morgan fingerprint density at radius 1 is 1.14 bits per heavy atom. The number of rotatable bonds is 4. The smallest absolute Gasteiger partial charge is 0.223 e. The summed E-state index contributed by atoms with van der Waals surface area (Å²) in [5, 5.41) is 3.25. The van der Waals surface area contributed by atoms with Gasteiger partial charge in [0.1, 0.15) is 0 Å². The number of amides is 1. The van der Waals surface area contributed by atoms with Crippen LogP contribution in [0.25, 0.3) is 0 Å². The molecule has 2 aliphatic rings. The van der Waals surface area contributed by atoms with Crippen LogP contribution in [0.1, 0.15) is 31.4 Å². The first-order valence-corrected chi connectivity index (χ1v) is 9.27. The summed E-state index contributed by atoms with van der Waals surface area (Å²) in [7, 11) is 0. The quantitative estimate of drug-likeness (QED) is 0.850. The van der Waals surface area contributed by atoms with Crippen molar-refractivity contribution in [1.29, 1.82) is 0 Å². The van der Waals surface area contributed by atoms with E-state index in [0.717, 1.165) is 56.6 Å². The van der Waals surface area contributed by atoms with E-state index in [-0.39, 0.29) is 0 Å². The molecule has 0 unspecified atom stereocenters. The van der Waals surface area contributed by atoms with Gasteiger partial charge in [-0.05, 0) is 26.2 Å². The summed E-state index contributed by atoms with van der Waals surface area (Å²) < 4.78 is 0. The molecule has 2 saturated heterocycles. The topological polar surface area (TPSA) is 39.7 Å². The summed E-state index contributed by atoms with van der Waals surface area (Å²) in [6.07, 6.45) is 4.31. The third-order valence-electron chi connectivity index (χ3n) is 4.60. The van der Waals surface area contributed by atoms with E-state index in [9.17, 15) is 4.79 Å². The van der Waals surface area contributed by atoms with Crippen LogP contribution >= 0.6 is 11.3 Å². The van der Waals surface area contributed by atoms with Gasteiger partial charge in [-0.15, -0.1) is 11.3 Å². The van der Waals surface area contributed by atoms with E-state index in [2.05, 4.69) is 25.1 Å². The number of hydrogen-bond donors (Lipinski definition) is 0. The van der Waals surface area contributed by atoms with Gasteiger partial charge in [-0.1, -0.05) is 0 Å². The number of carbonyl (C=O) groups is 1. The summed E-state index contributed by atoms with van der Waals surface area (Å²) >= 11 is 1.73. The van der Waals surface area contributed by atoms with Crippen LogP contribution < -0.4 is 4.90 Å². The summed E-state index contributed by atoms with van der Waals surface area (Å²) in [4.78, 5) is 23.6. The van der Waals surface area contributed by atoms with Crippen LogP contribution in [-0.4, -0.2) is 66.5 Å². The Labute approximate surface area is 136 Å². The normalized spacial score (nSPS) is 20.4. The fourth-order valence-electron chi connectivity index (χ4n) is 3.20. The molecular weight excluding hydrogens is 296 g/mol. The lowest BCUT2D eigenvalue weighted by Gasteiger charge is -2.35. The monoisotopic (exact) mass is 322 g/mol. The summed E-state index contributed by atoms with van der Waals surface area (Å²) in [6.45, 7) is 8.99. The van der Waals surface area contributed by atoms with E-state index in [1.807, 2.05) is 6.92 Å². The highest BCUT2D eigenvalue weighted by Gasteiger charge is 2.21. The van der Waals surface area contributed by atoms with Gasteiger partial charge >= 0.3 is 0 Å². The third kappa shape index (κ3) is 3.98. The predicted octanol–water partition coefficient (Wildman–Crippen LogP) is 1.98. The Balaban J connectivity index is 1.39. The molecule has 22 heavy (non-hydrogen) atoms. The van der Waals surface area contributed by atoms with Crippen molar-refractivity contribution < 1.29 is 4.79 Å². The Morgan fingerprint density at radius 2 is 1.86 bits per heavy atom. The highest BCUT2D eigenvalue weighted by molar-refractivity contribution is 7.13. The van der Waals surface area contributed by atoms with E-state index in [1.165, 1.54) is 19.3 Å². The number of hydrogen-bond acceptors (Lipinski definition) is 5. The zero-order chi connectivity index (χ0) is 15.4. The maximum atomic E-state index is 12.2. The van der Waals surface area contributed by atoms with Crippen molar-refractivity contribution in [2.45, 2.75) is 32.6 Å². The predicted molar refractivity (Wildman–Crippen MR) is 90.6 cm³/mol. The van der Waals surface area contributed by atoms with E-state index >= 15 is 0 Å². The molecule has 2 aliphatic heterocycles. The van der Waals surface area contributed by atoms with Crippen LogP contribution in [0.3, 0.4) is 0 Å². The minimum atomic E-state index is 0.345. The molecule has 122 valence electrons. The van der Waals surface area contributed by atoms with Crippen molar-refractivity contribution in [1.82, 2.24) is 14.8 Å². The maximum absolute atomic E-state index is 12.2. The second-order valence-electron chi connectivity index (χ2n) is 6.29. The molecule has 0 radical (unpaired) electrons. The van der Waals surface area contributed by atoms with Crippen LogP contribution in [-0.2, 0) is 4.79 Å². The summed E-state index contributed by atoms with van der Waals surface area (Å²) in [6, 6.07) is 0. The molecule has 0 saturated carbocycles. The molecule has 0 bridgehead atoms. The highest BCUT2D eigenvalue weighted by Crippen LogP contribution is 2.21. The lowest BCUT2D eigenvalue weighted by atomic mass is 10.1. The summed E-state index contributed by atoms with van der Waals surface area (Å²) in [5.41, 5.74) is 1.11. The molecule has 1 amide bonds. The van der Waals surface area contributed by atoms with Crippen molar-refractivity contribution >= 4 is 22.4 Å². The fourth-order valence-corrected chi connectivity index (χ4v) is 4.06. The van der Waals surface area contributed by atoms with E-state index < -0.39 is 0 Å². The first-order valence-electron chi connectivity index (χ1n) is 8.39. The molecule has 0 aromatic carbocycles. The Hall–Kier alpha value is -1.14. The lowest BCUT2D eigenvalue weighted by molar-refractivity contribution is -0.132. The molecule has 0 N–H and O–H groups in total. The second kappa shape index (κ2) is 7.42. The van der Waals surface area contributed by atoms with Crippen LogP contribution in [0.15, 0.2) is 5.38 Å². The first kappa shape index (κ1) is 15.7. The highest BCUT2D eigenvalue weighted by atomic mass is 32.1. The maximum Gasteiger partial charge on any atom is 0.223 e. The van der Waals surface area contributed by atoms with Gasteiger partial charge in [0.05, 0.1) is 5.69 Å². The fraction of sp³-hybridized carbons (Fsp3) is 0.750. The van der Waals surface area contributed by atoms with Crippen LogP contribution in [0, 0.1) is 6.92 Å². The van der Waals surface area contributed by atoms with Crippen LogP contribution in [0.5, 0.6) is 0 Å². The molecule has 3 rings (SSSR count). The number of piperazine rings is 1. The van der Waals surface area contributed by atoms with Gasteiger partial charge in [-0.25, -0.2) is 4.98 Å². The van der Waals surface area contributed by atoms with Crippen molar-refractivity contribution in [3.63, 3.8) is 0 Å². The average Bonchev–Trinajstić information content (AvgIpc) is 3.00. The molecule has 6 heteroatoms. The van der Waals surface area contributed by atoms with Crippen molar-refractivity contribution in [3.05, 3.63) is 11.1 Å². The largest absolute Gasteiger partial charge is 0.346 e. The number of aryl methyl sites for hydroxylation is 1. The number of thiazole rings is 1. The molecule has 2 fully saturated rings. The molecule has 0 spiro atoms. The zero-order valence-corrected chi connectivity index (χ0v) is 14.3. The molecular formula is C16H26N4OS. The SMILES string of the molecule is Cc1csc(N2CCN(CCC(=O)N3CCCCC3)CC2)n1. The first-order chi connectivity index (χ1) is 10.7. The van der Waals surface area contributed by atoms with Crippen LogP contribution in [0.2, 0.25) is 0 Å². The number of nitrogens with zero attached hydrogens (tertiary/aromatic N) is 4. The van der Waals surface area contributed by atoms with E-state index in [4.69, 9.17) is 0 Å². The van der Waals surface area contributed by atoms with Crippen molar-refractivity contribution in [2.24, 2.45) is 0 Å². The van der Waals surface area contributed by atoms with Crippen LogP contribution in [0.4, 0.5) is 5.13 Å². The van der Waals surface area contributed by atoms with Gasteiger partial charge in [0, 0.05) is 57.6 Å². The minimum absolute atomic E-state index is 0.345. The van der Waals surface area contributed by atoms with Gasteiger partial charge in [0.2, 0.25) is 5.91 Å². The number of anilines is 1. The molecule has 0 atom stereocenters. The Morgan fingerprint density at radius 3 is 2.50 bits per heavy atom. The molecule has 3 heterocycles. The standard InChI is InChI=1S/C16H26N4OS/c1-14-13-22-16(17-14)20-11-9-18(10-12-20)8-5-15(21)19-6-3-2-4-7-19/h13H,2-12H2,1H3. The number of piperidine rings is 1. The van der Waals surface area contributed by atoms with E-state index in [1.54, 1.807) is 11.3 Å². The van der Waals surface area contributed by atoms with Crippen molar-refractivity contribution in [3.8, 4) is 0 Å². The number of likely N-dealkylation sites (tertiary alicyclic amines) is 1. The molecule has 1 aromatic rings. The third-order valence-corrected chi connectivity index (χ3v) is 5.62. The van der Waals surface area contributed by atoms with Gasteiger partial charge in [0.15, 0.2) is 5.13 Å². The van der Waals surface area contributed by atoms with Gasteiger partial charge in [-0.3, -0.25) is 9.69 Å². The molecule has 5 nitrogen and oxygen atoms in total. The lowest BCUT2D eigenvalue weighted by Crippen LogP contribution is -2.47. The average molecular weight is 322 g/mol. The van der Waals surface area contributed by atoms with E-state index in [0.29, 0.717) is 12.3 Å². The minimum Gasteiger partial charge on any atom is -0.346 e. The molecule has 0 aliphatic carbocycles. The van der Waals surface area contributed by atoms with Crippen molar-refractivity contribution in [2.75, 3.05) is 50.7 Å². The Bertz CT molecular complexity index is 490. The molecule has 1 aromatic heterocycles. The summed E-state index contributed by atoms with van der Waals surface area (Å²) in [5.74, 6) is 0.345. The zero-order valence-electron chi connectivity index (χ0n) is 13.5.